The lowest BCUT2D eigenvalue weighted by atomic mass is 9.85. The maximum absolute atomic E-state index is 6.10. The van der Waals surface area contributed by atoms with Gasteiger partial charge in [0.25, 0.3) is 0 Å². The number of hydrogen-bond donors (Lipinski definition) is 1. The molecule has 3 heterocycles. The van der Waals surface area contributed by atoms with Crippen LogP contribution in [0.5, 0.6) is 0 Å². The number of hydrogen-bond acceptors (Lipinski definition) is 3. The molecule has 1 unspecified atom stereocenters. The molecule has 2 aliphatic heterocycles. The first kappa shape index (κ1) is 11.2. The van der Waals surface area contributed by atoms with Crippen molar-refractivity contribution in [2.45, 2.75) is 31.3 Å². The van der Waals surface area contributed by atoms with Crippen molar-refractivity contribution in [2.75, 3.05) is 19.7 Å². The molecule has 0 radical (unpaired) electrons. The third-order valence-electron chi connectivity index (χ3n) is 4.02. The molecule has 17 heavy (non-hydrogen) atoms. The van der Waals surface area contributed by atoms with Crippen molar-refractivity contribution in [3.8, 4) is 0 Å². The van der Waals surface area contributed by atoms with Gasteiger partial charge in [0.1, 0.15) is 0 Å². The van der Waals surface area contributed by atoms with Crippen LogP contribution in [0, 0.1) is 5.92 Å². The minimum atomic E-state index is 0.185. The minimum absolute atomic E-state index is 0.185. The van der Waals surface area contributed by atoms with Crippen LogP contribution in [0.2, 0.25) is 0 Å². The molecule has 1 aromatic heterocycles. The summed E-state index contributed by atoms with van der Waals surface area (Å²) in [5, 5.41) is 3.41. The summed E-state index contributed by atoms with van der Waals surface area (Å²) < 4.78 is 6.10. The highest BCUT2D eigenvalue weighted by molar-refractivity contribution is 5.06. The summed E-state index contributed by atoms with van der Waals surface area (Å²) in [6.45, 7) is 3.13. The monoisotopic (exact) mass is 232 g/mol. The zero-order valence-corrected chi connectivity index (χ0v) is 10.2. The van der Waals surface area contributed by atoms with Crippen LogP contribution in [0.3, 0.4) is 0 Å². The summed E-state index contributed by atoms with van der Waals surface area (Å²) in [6, 6.07) is 6.16. The van der Waals surface area contributed by atoms with Crippen molar-refractivity contribution in [3.63, 3.8) is 0 Å². The van der Waals surface area contributed by atoms with E-state index in [1.54, 1.807) is 0 Å². The number of pyridine rings is 1. The molecule has 3 rings (SSSR count). The number of rotatable bonds is 2. The van der Waals surface area contributed by atoms with Crippen molar-refractivity contribution < 1.29 is 4.74 Å². The second kappa shape index (κ2) is 4.75. The van der Waals surface area contributed by atoms with Gasteiger partial charge in [0.05, 0.1) is 12.2 Å². The molecule has 1 spiro atoms. The van der Waals surface area contributed by atoms with Crippen LogP contribution >= 0.6 is 0 Å². The first-order chi connectivity index (χ1) is 8.36. The molecule has 2 saturated heterocycles. The van der Waals surface area contributed by atoms with E-state index in [1.807, 2.05) is 12.3 Å². The van der Waals surface area contributed by atoms with Crippen LogP contribution in [-0.2, 0) is 11.2 Å². The average Bonchev–Trinajstić information content (AvgIpc) is 2.74. The van der Waals surface area contributed by atoms with Crippen molar-refractivity contribution >= 4 is 0 Å². The Bertz CT molecular complexity index is 360. The van der Waals surface area contributed by atoms with Crippen molar-refractivity contribution in [1.82, 2.24) is 10.3 Å². The Balaban J connectivity index is 1.60. The topological polar surface area (TPSA) is 34.1 Å². The lowest BCUT2D eigenvalue weighted by Gasteiger charge is -2.33. The smallest absolute Gasteiger partial charge is 0.0710 e. The Morgan fingerprint density at radius 2 is 2.24 bits per heavy atom. The predicted molar refractivity (Wildman–Crippen MR) is 66.8 cm³/mol. The number of aromatic nitrogens is 1. The van der Waals surface area contributed by atoms with E-state index in [2.05, 4.69) is 22.4 Å². The Labute approximate surface area is 103 Å². The van der Waals surface area contributed by atoms with Gasteiger partial charge in [0.2, 0.25) is 0 Å². The SMILES string of the molecule is c1ccc(CC2COC3(CCNCC3)C2)nc1. The molecule has 0 bridgehead atoms. The van der Waals surface area contributed by atoms with Gasteiger partial charge >= 0.3 is 0 Å². The van der Waals surface area contributed by atoms with Gasteiger partial charge < -0.3 is 10.1 Å². The van der Waals surface area contributed by atoms with Crippen molar-refractivity contribution in [3.05, 3.63) is 30.1 Å². The van der Waals surface area contributed by atoms with Crippen LogP contribution in [0.15, 0.2) is 24.4 Å². The minimum Gasteiger partial charge on any atom is -0.375 e. The fourth-order valence-corrected chi connectivity index (χ4v) is 3.12. The van der Waals surface area contributed by atoms with Crippen molar-refractivity contribution in [2.24, 2.45) is 5.92 Å². The molecule has 0 saturated carbocycles. The zero-order chi connectivity index (χ0) is 11.6. The first-order valence-electron chi connectivity index (χ1n) is 6.61. The van der Waals surface area contributed by atoms with Gasteiger partial charge in [-0.3, -0.25) is 4.98 Å². The Hall–Kier alpha value is -0.930. The van der Waals surface area contributed by atoms with E-state index in [0.717, 1.165) is 26.1 Å². The molecular formula is C14H20N2O. The lowest BCUT2D eigenvalue weighted by molar-refractivity contribution is -0.0196. The molecule has 0 aliphatic carbocycles. The highest BCUT2D eigenvalue weighted by atomic mass is 16.5. The third kappa shape index (κ3) is 2.50. The molecule has 3 heteroatoms. The summed E-state index contributed by atoms with van der Waals surface area (Å²) in [6.07, 6.45) is 6.50. The van der Waals surface area contributed by atoms with E-state index in [4.69, 9.17) is 4.74 Å². The van der Waals surface area contributed by atoms with Crippen LogP contribution in [0.4, 0.5) is 0 Å². The highest BCUT2D eigenvalue weighted by Crippen LogP contribution is 2.37. The fraction of sp³-hybridized carbons (Fsp3) is 0.643. The molecule has 0 amide bonds. The van der Waals surface area contributed by atoms with Gasteiger partial charge in [-0.25, -0.2) is 0 Å². The van der Waals surface area contributed by atoms with E-state index in [-0.39, 0.29) is 5.60 Å². The maximum atomic E-state index is 6.10. The van der Waals surface area contributed by atoms with Gasteiger partial charge in [-0.15, -0.1) is 0 Å². The van der Waals surface area contributed by atoms with E-state index >= 15 is 0 Å². The standard InChI is InChI=1S/C14H20N2O/c1-2-6-16-13(3-1)9-12-10-14(17-11-12)4-7-15-8-5-14/h1-3,6,12,15H,4-5,7-11H2. The Morgan fingerprint density at radius 3 is 3.00 bits per heavy atom. The Morgan fingerprint density at radius 1 is 1.35 bits per heavy atom. The third-order valence-corrected chi connectivity index (χ3v) is 4.02. The quantitative estimate of drug-likeness (QED) is 0.844. The van der Waals surface area contributed by atoms with E-state index in [1.165, 1.54) is 25.0 Å². The summed E-state index contributed by atoms with van der Waals surface area (Å²) in [5.74, 6) is 0.656. The van der Waals surface area contributed by atoms with Gasteiger partial charge in [0, 0.05) is 11.9 Å². The molecule has 3 nitrogen and oxygen atoms in total. The number of piperidine rings is 1. The van der Waals surface area contributed by atoms with Gasteiger partial charge in [0.15, 0.2) is 0 Å². The van der Waals surface area contributed by atoms with Crippen LogP contribution in [0.25, 0.3) is 0 Å². The zero-order valence-electron chi connectivity index (χ0n) is 10.2. The first-order valence-corrected chi connectivity index (χ1v) is 6.61. The van der Waals surface area contributed by atoms with Gasteiger partial charge in [-0.2, -0.15) is 0 Å². The molecule has 2 fully saturated rings. The van der Waals surface area contributed by atoms with Gasteiger partial charge in [-0.05, 0) is 56.8 Å². The molecule has 1 atom stereocenters. The van der Waals surface area contributed by atoms with E-state index < -0.39 is 0 Å². The van der Waals surface area contributed by atoms with Crippen LogP contribution < -0.4 is 5.32 Å². The second-order valence-corrected chi connectivity index (χ2v) is 5.34. The summed E-state index contributed by atoms with van der Waals surface area (Å²) in [4.78, 5) is 4.41. The second-order valence-electron chi connectivity index (χ2n) is 5.34. The Kier molecular flexibility index (Phi) is 3.12. The summed E-state index contributed by atoms with van der Waals surface area (Å²) >= 11 is 0. The van der Waals surface area contributed by atoms with Crippen molar-refractivity contribution in [1.29, 1.82) is 0 Å². The summed E-state index contributed by atoms with van der Waals surface area (Å²) in [7, 11) is 0. The molecule has 1 aromatic rings. The average molecular weight is 232 g/mol. The molecule has 0 aromatic carbocycles. The normalized spacial score (nSPS) is 27.4. The highest BCUT2D eigenvalue weighted by Gasteiger charge is 2.40. The number of ether oxygens (including phenoxy) is 1. The summed E-state index contributed by atoms with van der Waals surface area (Å²) in [5.41, 5.74) is 1.39. The predicted octanol–water partition coefficient (Wildman–Crippen LogP) is 1.78. The van der Waals surface area contributed by atoms with Crippen LogP contribution in [0.1, 0.15) is 25.0 Å². The largest absolute Gasteiger partial charge is 0.375 e. The van der Waals surface area contributed by atoms with E-state index in [9.17, 15) is 0 Å². The molecule has 92 valence electrons. The molecule has 2 aliphatic rings. The van der Waals surface area contributed by atoms with Gasteiger partial charge in [-0.1, -0.05) is 6.07 Å². The number of nitrogens with one attached hydrogen (secondary N) is 1. The lowest BCUT2D eigenvalue weighted by Crippen LogP contribution is -2.41. The van der Waals surface area contributed by atoms with E-state index in [0.29, 0.717) is 5.92 Å². The van der Waals surface area contributed by atoms with Crippen LogP contribution in [-0.4, -0.2) is 30.3 Å². The molecular weight excluding hydrogens is 212 g/mol. The maximum Gasteiger partial charge on any atom is 0.0710 e. The fourth-order valence-electron chi connectivity index (χ4n) is 3.12. The molecule has 1 N–H and O–H groups in total. The number of nitrogens with zero attached hydrogens (tertiary/aromatic N) is 1.